The lowest BCUT2D eigenvalue weighted by Crippen LogP contribution is -2.38. The van der Waals surface area contributed by atoms with Crippen LogP contribution in [0.5, 0.6) is 0 Å². The molecule has 1 aromatic carbocycles. The van der Waals surface area contributed by atoms with Crippen LogP contribution < -0.4 is 21.1 Å². The summed E-state index contributed by atoms with van der Waals surface area (Å²) in [4.78, 5) is 8.69. The first-order chi connectivity index (χ1) is 14.0. The minimum atomic E-state index is -3.72. The van der Waals surface area contributed by atoms with E-state index >= 15 is 0 Å². The maximum Gasteiger partial charge on any atom is 0.246 e. The van der Waals surface area contributed by atoms with Gasteiger partial charge in [-0.15, -0.1) is 5.10 Å². The van der Waals surface area contributed by atoms with Crippen LogP contribution in [0.4, 0.5) is 17.5 Å². The van der Waals surface area contributed by atoms with E-state index in [4.69, 9.17) is 5.14 Å². The molecule has 1 saturated heterocycles. The van der Waals surface area contributed by atoms with E-state index in [1.54, 1.807) is 29.3 Å². The van der Waals surface area contributed by atoms with E-state index < -0.39 is 10.0 Å². The van der Waals surface area contributed by atoms with Gasteiger partial charge in [0.25, 0.3) is 0 Å². The van der Waals surface area contributed by atoms with E-state index in [0.29, 0.717) is 17.7 Å². The quantitative estimate of drug-likeness (QED) is 0.472. The Hall–Kier alpha value is -3.02. The third-order valence-corrected chi connectivity index (χ3v) is 5.52. The van der Waals surface area contributed by atoms with Gasteiger partial charge in [0.05, 0.1) is 10.6 Å². The van der Waals surface area contributed by atoms with Crippen LogP contribution in [0, 0.1) is 0 Å². The molecule has 152 valence electrons. The molecule has 1 aliphatic heterocycles. The maximum atomic E-state index is 11.3. The third-order valence-electron chi connectivity index (χ3n) is 4.59. The van der Waals surface area contributed by atoms with Crippen LogP contribution in [-0.4, -0.2) is 47.3 Å². The van der Waals surface area contributed by atoms with Gasteiger partial charge in [-0.05, 0) is 49.7 Å². The Balaban J connectivity index is 1.45. The zero-order chi connectivity index (χ0) is 20.3. The average molecular weight is 414 g/mol. The number of primary sulfonamides is 1. The number of sulfonamides is 1. The summed E-state index contributed by atoms with van der Waals surface area (Å²) in [7, 11) is -3.72. The molecule has 0 bridgehead atoms. The number of nitrogens with two attached hydrogens (primary N) is 1. The molecular weight excluding hydrogens is 392 g/mol. The summed E-state index contributed by atoms with van der Waals surface area (Å²) in [5, 5.41) is 19.4. The van der Waals surface area contributed by atoms with Gasteiger partial charge in [-0.2, -0.15) is 4.98 Å². The Labute approximate surface area is 168 Å². The van der Waals surface area contributed by atoms with E-state index in [1.807, 2.05) is 12.1 Å². The van der Waals surface area contributed by atoms with Gasteiger partial charge in [0.1, 0.15) is 12.1 Å². The zero-order valence-electron chi connectivity index (χ0n) is 15.6. The molecule has 0 amide bonds. The van der Waals surface area contributed by atoms with Gasteiger partial charge in [-0.25, -0.2) is 23.2 Å². The van der Waals surface area contributed by atoms with Gasteiger partial charge in [0.15, 0.2) is 0 Å². The van der Waals surface area contributed by atoms with Gasteiger partial charge in [0, 0.05) is 30.5 Å². The van der Waals surface area contributed by atoms with Crippen molar-refractivity contribution in [3.8, 4) is 5.69 Å². The predicted octanol–water partition coefficient (Wildman–Crippen LogP) is 1.22. The molecule has 1 atom stereocenters. The molecule has 0 saturated carbocycles. The molecule has 11 heteroatoms. The fourth-order valence-corrected chi connectivity index (χ4v) is 3.64. The summed E-state index contributed by atoms with van der Waals surface area (Å²) < 4.78 is 24.3. The molecule has 29 heavy (non-hydrogen) atoms. The number of hydrogen-bond acceptors (Lipinski definition) is 8. The van der Waals surface area contributed by atoms with Crippen LogP contribution in [0.2, 0.25) is 0 Å². The Morgan fingerprint density at radius 3 is 2.72 bits per heavy atom. The molecule has 3 heterocycles. The fourth-order valence-electron chi connectivity index (χ4n) is 3.13. The highest BCUT2D eigenvalue weighted by Crippen LogP contribution is 2.18. The van der Waals surface area contributed by atoms with Gasteiger partial charge < -0.3 is 16.0 Å². The molecule has 1 fully saturated rings. The molecular formula is C18H22N8O2S. The number of hydrogen-bond donors (Lipinski definition) is 4. The van der Waals surface area contributed by atoms with E-state index in [-0.39, 0.29) is 4.90 Å². The molecule has 1 aliphatic rings. The van der Waals surface area contributed by atoms with Gasteiger partial charge in [-0.3, -0.25) is 0 Å². The summed E-state index contributed by atoms with van der Waals surface area (Å²) in [5.74, 6) is 1.18. The summed E-state index contributed by atoms with van der Waals surface area (Å²) in [6.45, 7) is 1.98. The summed E-state index contributed by atoms with van der Waals surface area (Å²) in [6, 6.07) is 10.2. The topological polar surface area (TPSA) is 140 Å². The van der Waals surface area contributed by atoms with Crippen molar-refractivity contribution in [2.45, 2.75) is 23.8 Å². The van der Waals surface area contributed by atoms with E-state index in [1.165, 1.54) is 12.1 Å². The lowest BCUT2D eigenvalue weighted by atomic mass is 10.1. The number of rotatable bonds is 6. The summed E-state index contributed by atoms with van der Waals surface area (Å²) in [5.41, 5.74) is 1.48. The smallest absolute Gasteiger partial charge is 0.246 e. The second-order valence-electron chi connectivity index (χ2n) is 6.79. The van der Waals surface area contributed by atoms with Crippen LogP contribution >= 0.6 is 0 Å². The number of nitrogens with one attached hydrogen (secondary N) is 3. The Morgan fingerprint density at radius 1 is 1.17 bits per heavy atom. The van der Waals surface area contributed by atoms with Crippen LogP contribution in [0.15, 0.2) is 53.8 Å². The fraction of sp³-hybridized carbons (Fsp3) is 0.278. The van der Waals surface area contributed by atoms with Gasteiger partial charge >= 0.3 is 0 Å². The number of piperidine rings is 1. The maximum absolute atomic E-state index is 11.3. The molecule has 0 spiro atoms. The van der Waals surface area contributed by atoms with Gasteiger partial charge in [0.2, 0.25) is 16.0 Å². The predicted molar refractivity (Wildman–Crippen MR) is 110 cm³/mol. The number of pyridine rings is 1. The molecule has 3 aromatic rings. The monoisotopic (exact) mass is 414 g/mol. The standard InChI is InChI=1S/C18H22N8O2S/c19-29(27,28)16-5-3-13(4-6-16)24-18-22-12-26(25-18)15-7-9-21-17(10-15)23-14-2-1-8-20-11-14/h3-7,9-10,12,14,20H,1-2,8,11H2,(H,21,23)(H,24,25)(H2,19,27,28). The number of anilines is 3. The van der Waals surface area contributed by atoms with Crippen molar-refractivity contribution < 1.29 is 8.42 Å². The lowest BCUT2D eigenvalue weighted by molar-refractivity contribution is 0.479. The van der Waals surface area contributed by atoms with Crippen LogP contribution in [0.3, 0.4) is 0 Å². The van der Waals surface area contributed by atoms with Crippen LogP contribution in [0.1, 0.15) is 12.8 Å². The van der Waals surface area contributed by atoms with E-state index in [0.717, 1.165) is 37.4 Å². The van der Waals surface area contributed by atoms with Crippen LogP contribution in [0.25, 0.3) is 5.69 Å². The highest BCUT2D eigenvalue weighted by molar-refractivity contribution is 7.89. The molecule has 1 unspecified atom stereocenters. The van der Waals surface area contributed by atoms with Crippen molar-refractivity contribution >= 4 is 27.5 Å². The first-order valence-electron chi connectivity index (χ1n) is 9.23. The van der Waals surface area contributed by atoms with E-state index in [9.17, 15) is 8.42 Å². The molecule has 4 rings (SSSR count). The van der Waals surface area contributed by atoms with Crippen molar-refractivity contribution in [3.63, 3.8) is 0 Å². The normalized spacial score (nSPS) is 17.1. The highest BCUT2D eigenvalue weighted by Gasteiger charge is 2.13. The Bertz CT molecular complexity index is 1080. The molecule has 10 nitrogen and oxygen atoms in total. The largest absolute Gasteiger partial charge is 0.366 e. The van der Waals surface area contributed by atoms with E-state index in [2.05, 4.69) is 31.0 Å². The van der Waals surface area contributed by atoms with Crippen molar-refractivity contribution in [2.75, 3.05) is 23.7 Å². The minimum absolute atomic E-state index is 0.0477. The lowest BCUT2D eigenvalue weighted by Gasteiger charge is -2.24. The zero-order valence-corrected chi connectivity index (χ0v) is 16.4. The summed E-state index contributed by atoms with van der Waals surface area (Å²) in [6.07, 6.45) is 5.59. The van der Waals surface area contributed by atoms with Gasteiger partial charge in [-0.1, -0.05) is 0 Å². The first-order valence-corrected chi connectivity index (χ1v) is 10.8. The SMILES string of the molecule is NS(=O)(=O)c1ccc(Nc2ncn(-c3ccnc(NC4CCCNC4)c3)n2)cc1. The molecule has 5 N–H and O–H groups in total. The van der Waals surface area contributed by atoms with Crippen molar-refractivity contribution in [3.05, 3.63) is 48.9 Å². The van der Waals surface area contributed by atoms with Crippen LogP contribution in [-0.2, 0) is 10.0 Å². The number of nitrogens with zero attached hydrogens (tertiary/aromatic N) is 4. The molecule has 2 aromatic heterocycles. The third kappa shape index (κ3) is 4.88. The highest BCUT2D eigenvalue weighted by atomic mass is 32.2. The molecule has 0 aliphatic carbocycles. The Kier molecular flexibility index (Phi) is 5.43. The minimum Gasteiger partial charge on any atom is -0.366 e. The van der Waals surface area contributed by atoms with Crippen molar-refractivity contribution in [1.29, 1.82) is 0 Å². The number of benzene rings is 1. The van der Waals surface area contributed by atoms with Crippen molar-refractivity contribution in [1.82, 2.24) is 25.1 Å². The Morgan fingerprint density at radius 2 is 2.00 bits per heavy atom. The average Bonchev–Trinajstić information content (AvgIpc) is 3.17. The molecule has 0 radical (unpaired) electrons. The first kappa shape index (κ1) is 19.3. The second-order valence-corrected chi connectivity index (χ2v) is 8.36. The number of aromatic nitrogens is 4. The van der Waals surface area contributed by atoms with Crippen molar-refractivity contribution in [2.24, 2.45) is 5.14 Å². The summed E-state index contributed by atoms with van der Waals surface area (Å²) >= 11 is 0. The second kappa shape index (κ2) is 8.15.